The third-order valence-corrected chi connectivity index (χ3v) is 5.71. The molecule has 2 saturated heterocycles. The lowest BCUT2D eigenvalue weighted by Gasteiger charge is -2.21. The Hall–Kier alpha value is -3.01. The molecule has 0 radical (unpaired) electrons. The smallest absolute Gasteiger partial charge is 0.267 e. The summed E-state index contributed by atoms with van der Waals surface area (Å²) in [6.07, 6.45) is 11.2. The van der Waals surface area contributed by atoms with Crippen LogP contribution >= 0.6 is 0 Å². The van der Waals surface area contributed by atoms with Crippen molar-refractivity contribution < 1.29 is 19.1 Å². The predicted molar refractivity (Wildman–Crippen MR) is 129 cm³/mol. The molecule has 34 heavy (non-hydrogen) atoms. The van der Waals surface area contributed by atoms with Crippen LogP contribution in [0.15, 0.2) is 42.7 Å². The van der Waals surface area contributed by atoms with E-state index in [1.54, 1.807) is 18.5 Å². The monoisotopic (exact) mass is 467 g/mol. The van der Waals surface area contributed by atoms with Crippen molar-refractivity contribution in [1.29, 1.82) is 0 Å². The Bertz CT molecular complexity index is 908. The maximum Gasteiger partial charge on any atom is 0.267 e. The van der Waals surface area contributed by atoms with Gasteiger partial charge in [0.05, 0.1) is 24.6 Å². The molecule has 2 fully saturated rings. The summed E-state index contributed by atoms with van der Waals surface area (Å²) in [5.41, 5.74) is 4.26. The van der Waals surface area contributed by atoms with Crippen LogP contribution in [0.4, 0.5) is 5.82 Å². The third-order valence-electron chi connectivity index (χ3n) is 5.71. The highest BCUT2D eigenvalue weighted by molar-refractivity contribution is 5.90. The van der Waals surface area contributed by atoms with E-state index in [9.17, 15) is 4.79 Å². The summed E-state index contributed by atoms with van der Waals surface area (Å²) in [7, 11) is 0. The Labute approximate surface area is 200 Å². The van der Waals surface area contributed by atoms with Gasteiger partial charge in [0.2, 0.25) is 0 Å². The van der Waals surface area contributed by atoms with Crippen molar-refractivity contribution in [3.8, 4) is 5.75 Å². The van der Waals surface area contributed by atoms with Gasteiger partial charge in [-0.2, -0.15) is 0 Å². The first-order chi connectivity index (χ1) is 16.7. The van der Waals surface area contributed by atoms with E-state index in [2.05, 4.69) is 37.8 Å². The van der Waals surface area contributed by atoms with Gasteiger partial charge in [-0.15, -0.1) is 0 Å². The van der Waals surface area contributed by atoms with E-state index in [1.807, 2.05) is 12.1 Å². The number of carbonyl (C=O) groups excluding carboxylic acids is 1. The standard InChI is InChI=1S/C25H33N5O4/c31-24(29-34-25-5-1-4-15-33-25)11-8-21-17-28-23(18-27-21)26-12-16-32-22-9-6-20(7-10-22)19-30-13-2-3-14-30/h6-11,17-18,25H,1-5,12-16,19H2,(H,26,28)(H,29,31). The van der Waals surface area contributed by atoms with Crippen LogP contribution in [0.2, 0.25) is 0 Å². The van der Waals surface area contributed by atoms with Gasteiger partial charge in [0.25, 0.3) is 5.91 Å². The molecule has 1 amide bonds. The summed E-state index contributed by atoms with van der Waals surface area (Å²) in [4.78, 5) is 28.2. The number of nitrogens with one attached hydrogen (secondary N) is 2. The second-order valence-electron chi connectivity index (χ2n) is 8.44. The van der Waals surface area contributed by atoms with Gasteiger partial charge in [-0.1, -0.05) is 12.1 Å². The molecule has 9 heteroatoms. The summed E-state index contributed by atoms with van der Waals surface area (Å²) in [5, 5.41) is 3.18. The Kier molecular flexibility index (Phi) is 9.24. The Morgan fingerprint density at radius 2 is 1.97 bits per heavy atom. The number of nitrogens with zero attached hydrogens (tertiary/aromatic N) is 3. The number of ether oxygens (including phenoxy) is 2. The second-order valence-corrected chi connectivity index (χ2v) is 8.44. The molecule has 182 valence electrons. The molecule has 1 unspecified atom stereocenters. The minimum absolute atomic E-state index is 0.376. The van der Waals surface area contributed by atoms with Gasteiger partial charge in [0.15, 0.2) is 6.29 Å². The fourth-order valence-electron chi connectivity index (χ4n) is 3.88. The van der Waals surface area contributed by atoms with Crippen molar-refractivity contribution in [3.05, 3.63) is 54.0 Å². The first-order valence-corrected chi connectivity index (χ1v) is 12.0. The van der Waals surface area contributed by atoms with E-state index in [-0.39, 0.29) is 12.2 Å². The van der Waals surface area contributed by atoms with Gasteiger partial charge < -0.3 is 14.8 Å². The average Bonchev–Trinajstić information content (AvgIpc) is 3.39. The summed E-state index contributed by atoms with van der Waals surface area (Å²) in [6, 6.07) is 8.31. The molecule has 2 aliphatic heterocycles. The zero-order valence-corrected chi connectivity index (χ0v) is 19.4. The van der Waals surface area contributed by atoms with E-state index in [1.165, 1.54) is 37.6 Å². The molecule has 2 N–H and O–H groups in total. The molecule has 1 aromatic heterocycles. The maximum absolute atomic E-state index is 11.9. The van der Waals surface area contributed by atoms with Crippen LogP contribution < -0.4 is 15.5 Å². The SMILES string of the molecule is O=C(C=Cc1cnc(NCCOc2ccc(CN3CCCC3)cc2)cn1)NOC1CCCCO1. The van der Waals surface area contributed by atoms with E-state index in [4.69, 9.17) is 14.3 Å². The quantitative estimate of drug-likeness (QED) is 0.296. The molecule has 0 spiro atoms. The number of aromatic nitrogens is 2. The van der Waals surface area contributed by atoms with Gasteiger partial charge in [-0.25, -0.2) is 15.3 Å². The lowest BCUT2D eigenvalue weighted by Crippen LogP contribution is -2.32. The van der Waals surface area contributed by atoms with Gasteiger partial charge in [-0.05, 0) is 62.5 Å². The molecule has 0 bridgehead atoms. The molecule has 9 nitrogen and oxygen atoms in total. The van der Waals surface area contributed by atoms with E-state index in [0.717, 1.165) is 31.6 Å². The molecular formula is C25H33N5O4. The predicted octanol–water partition coefficient (Wildman–Crippen LogP) is 3.15. The zero-order valence-electron chi connectivity index (χ0n) is 19.4. The first-order valence-electron chi connectivity index (χ1n) is 12.0. The zero-order chi connectivity index (χ0) is 23.4. The van der Waals surface area contributed by atoms with Crippen LogP contribution in [-0.2, 0) is 20.9 Å². The summed E-state index contributed by atoms with van der Waals surface area (Å²) < 4.78 is 11.2. The number of rotatable bonds is 11. The number of amides is 1. The fourth-order valence-corrected chi connectivity index (χ4v) is 3.88. The number of hydrogen-bond donors (Lipinski definition) is 2. The second kappa shape index (κ2) is 13.0. The molecular weight excluding hydrogens is 434 g/mol. The van der Waals surface area contributed by atoms with E-state index < -0.39 is 0 Å². The van der Waals surface area contributed by atoms with Gasteiger partial charge in [0.1, 0.15) is 18.2 Å². The topological polar surface area (TPSA) is 97.8 Å². The number of hydroxylamine groups is 1. The summed E-state index contributed by atoms with van der Waals surface area (Å²) >= 11 is 0. The third kappa shape index (κ3) is 8.09. The number of hydrogen-bond acceptors (Lipinski definition) is 8. The average molecular weight is 468 g/mol. The van der Waals surface area contributed by atoms with Crippen LogP contribution in [0.25, 0.3) is 6.08 Å². The highest BCUT2D eigenvalue weighted by atomic mass is 16.8. The Morgan fingerprint density at radius 1 is 1.12 bits per heavy atom. The molecule has 2 aliphatic rings. The fraction of sp³-hybridized carbons (Fsp3) is 0.480. The minimum Gasteiger partial charge on any atom is -0.492 e. The molecule has 2 aromatic rings. The normalized spacial score (nSPS) is 18.8. The van der Waals surface area contributed by atoms with Gasteiger partial charge >= 0.3 is 0 Å². The van der Waals surface area contributed by atoms with E-state index in [0.29, 0.717) is 31.3 Å². The van der Waals surface area contributed by atoms with Crippen LogP contribution in [0, 0.1) is 0 Å². The van der Waals surface area contributed by atoms with Crippen molar-refractivity contribution >= 4 is 17.8 Å². The highest BCUT2D eigenvalue weighted by Gasteiger charge is 2.15. The van der Waals surface area contributed by atoms with Gasteiger partial charge in [-0.3, -0.25) is 14.7 Å². The van der Waals surface area contributed by atoms with Crippen molar-refractivity contribution in [2.75, 3.05) is 38.2 Å². The molecule has 0 aliphatic carbocycles. The van der Waals surface area contributed by atoms with Crippen LogP contribution in [-0.4, -0.2) is 59.9 Å². The number of carbonyl (C=O) groups is 1. The largest absolute Gasteiger partial charge is 0.492 e. The van der Waals surface area contributed by atoms with E-state index >= 15 is 0 Å². The van der Waals surface area contributed by atoms with Crippen molar-refractivity contribution in [2.45, 2.75) is 44.9 Å². The first kappa shape index (κ1) is 24.1. The lowest BCUT2D eigenvalue weighted by atomic mass is 10.2. The molecule has 3 heterocycles. The van der Waals surface area contributed by atoms with Gasteiger partial charge in [0, 0.05) is 25.6 Å². The number of benzene rings is 1. The molecule has 4 rings (SSSR count). The Balaban J connectivity index is 1.11. The Morgan fingerprint density at radius 3 is 2.71 bits per heavy atom. The molecule has 0 saturated carbocycles. The van der Waals surface area contributed by atoms with Crippen LogP contribution in [0.3, 0.4) is 0 Å². The number of anilines is 1. The molecule has 1 atom stereocenters. The summed E-state index contributed by atoms with van der Waals surface area (Å²) in [6.45, 7) is 5.18. The van der Waals surface area contributed by atoms with Crippen molar-refractivity contribution in [1.82, 2.24) is 20.3 Å². The molecule has 1 aromatic carbocycles. The van der Waals surface area contributed by atoms with Crippen molar-refractivity contribution in [2.24, 2.45) is 0 Å². The number of likely N-dealkylation sites (tertiary alicyclic amines) is 1. The lowest BCUT2D eigenvalue weighted by molar-refractivity contribution is -0.198. The van der Waals surface area contributed by atoms with Crippen LogP contribution in [0.1, 0.15) is 43.4 Å². The highest BCUT2D eigenvalue weighted by Crippen LogP contribution is 2.16. The minimum atomic E-state index is -0.376. The van der Waals surface area contributed by atoms with Crippen LogP contribution in [0.5, 0.6) is 5.75 Å². The maximum atomic E-state index is 11.9. The summed E-state index contributed by atoms with van der Waals surface area (Å²) in [5.74, 6) is 1.12. The van der Waals surface area contributed by atoms with Crippen molar-refractivity contribution in [3.63, 3.8) is 0 Å².